The van der Waals surface area contributed by atoms with Crippen LogP contribution in [0.5, 0.6) is 0 Å². The largest absolute Gasteiger partial charge is 0.311 e. The Morgan fingerprint density at radius 1 is 0.926 bits per heavy atom. The monoisotopic (exact) mass is 365 g/mol. The van der Waals surface area contributed by atoms with E-state index >= 15 is 0 Å². The topological polar surface area (TPSA) is 30.7 Å². The molecule has 0 amide bonds. The van der Waals surface area contributed by atoms with Gasteiger partial charge in [-0.15, -0.1) is 10.2 Å². The quantitative estimate of drug-likeness (QED) is 0.528. The van der Waals surface area contributed by atoms with Gasteiger partial charge < -0.3 is 4.57 Å². The van der Waals surface area contributed by atoms with Crippen LogP contribution in [-0.4, -0.2) is 14.8 Å². The summed E-state index contributed by atoms with van der Waals surface area (Å²) >= 11 is 0. The molecule has 146 valence electrons. The van der Waals surface area contributed by atoms with Gasteiger partial charge in [-0.05, 0) is 69.8 Å². The molecule has 0 atom stereocenters. The first kappa shape index (κ1) is 18.7. The summed E-state index contributed by atoms with van der Waals surface area (Å²) in [7, 11) is 0. The third kappa shape index (κ3) is 3.23. The van der Waals surface area contributed by atoms with E-state index < -0.39 is 0 Å². The van der Waals surface area contributed by atoms with Crippen LogP contribution in [0.25, 0.3) is 11.4 Å². The van der Waals surface area contributed by atoms with Gasteiger partial charge >= 0.3 is 0 Å². The smallest absolute Gasteiger partial charge is 0.164 e. The van der Waals surface area contributed by atoms with Gasteiger partial charge in [0.05, 0.1) is 0 Å². The molecule has 27 heavy (non-hydrogen) atoms. The molecule has 2 bridgehead atoms. The molecule has 3 heteroatoms. The van der Waals surface area contributed by atoms with E-state index in [9.17, 15) is 0 Å². The third-order valence-corrected chi connectivity index (χ3v) is 7.64. The maximum absolute atomic E-state index is 4.81. The summed E-state index contributed by atoms with van der Waals surface area (Å²) in [5, 5.41) is 9.50. The highest BCUT2D eigenvalue weighted by atomic mass is 15.3. The Hall–Kier alpha value is -1.64. The van der Waals surface area contributed by atoms with Crippen molar-refractivity contribution in [2.24, 2.45) is 5.41 Å². The van der Waals surface area contributed by atoms with Crippen LogP contribution in [0.3, 0.4) is 0 Å². The van der Waals surface area contributed by atoms with Crippen LogP contribution in [0.2, 0.25) is 0 Å². The molecule has 1 aromatic heterocycles. The molecule has 0 unspecified atom stereocenters. The number of hydrogen-bond acceptors (Lipinski definition) is 2. The predicted octanol–water partition coefficient (Wildman–Crippen LogP) is 6.45. The third-order valence-electron chi connectivity index (χ3n) is 7.64. The van der Waals surface area contributed by atoms with Crippen molar-refractivity contribution in [2.45, 2.75) is 96.9 Å². The minimum Gasteiger partial charge on any atom is -0.311 e. The molecule has 0 spiro atoms. The molecule has 0 N–H and O–H groups in total. The van der Waals surface area contributed by atoms with Crippen LogP contribution in [0.4, 0.5) is 0 Å². The first-order valence-electron chi connectivity index (χ1n) is 11.1. The lowest BCUT2D eigenvalue weighted by Gasteiger charge is -2.53. The Labute approximate surface area is 164 Å². The Morgan fingerprint density at radius 2 is 1.63 bits per heavy atom. The van der Waals surface area contributed by atoms with Crippen LogP contribution in [-0.2, 0) is 12.0 Å². The van der Waals surface area contributed by atoms with Gasteiger partial charge in [-0.1, -0.05) is 50.5 Å². The minimum absolute atomic E-state index is 0.274. The highest BCUT2D eigenvalue weighted by Gasteiger charge is 2.51. The number of aromatic nitrogens is 3. The number of fused-ring (bicyclic) bond motifs is 3. The molecular weight excluding hydrogens is 330 g/mol. The maximum Gasteiger partial charge on any atom is 0.164 e. The van der Waals surface area contributed by atoms with Crippen LogP contribution < -0.4 is 0 Å². The van der Waals surface area contributed by atoms with Crippen LogP contribution >= 0.6 is 0 Å². The standard InChI is InChI=1S/C24H35N3/c1-4-6-9-12-23-13-16-24(17-14-23,18-15-23)22-26-25-21(27(22)5-2)20-11-8-7-10-19(20)3/h7-8,10-11H,4-6,9,12-18H2,1-3H3. The zero-order valence-electron chi connectivity index (χ0n) is 17.4. The summed E-state index contributed by atoms with van der Waals surface area (Å²) in [6.45, 7) is 7.68. The van der Waals surface area contributed by atoms with Crippen molar-refractivity contribution in [1.29, 1.82) is 0 Å². The molecule has 1 heterocycles. The molecule has 1 aromatic carbocycles. The van der Waals surface area contributed by atoms with E-state index in [4.69, 9.17) is 10.2 Å². The average Bonchev–Trinajstić information content (AvgIpc) is 3.14. The van der Waals surface area contributed by atoms with Gasteiger partial charge in [0.25, 0.3) is 0 Å². The van der Waals surface area contributed by atoms with Gasteiger partial charge in [0, 0.05) is 17.5 Å². The zero-order chi connectivity index (χ0) is 18.9. The fourth-order valence-electron chi connectivity index (χ4n) is 5.74. The molecule has 0 saturated heterocycles. The molecule has 5 rings (SSSR count). The number of benzene rings is 1. The van der Waals surface area contributed by atoms with Gasteiger partial charge in [0.2, 0.25) is 0 Å². The molecule has 3 nitrogen and oxygen atoms in total. The van der Waals surface area contributed by atoms with E-state index in [1.165, 1.54) is 81.2 Å². The van der Waals surface area contributed by atoms with Crippen molar-refractivity contribution in [3.05, 3.63) is 35.7 Å². The molecular formula is C24H35N3. The van der Waals surface area contributed by atoms with Crippen LogP contribution in [0.1, 0.15) is 89.4 Å². The van der Waals surface area contributed by atoms with Crippen molar-refractivity contribution in [3.63, 3.8) is 0 Å². The number of aryl methyl sites for hydroxylation is 1. The Balaban J connectivity index is 1.60. The SMILES string of the molecule is CCCCCC12CCC(c3nnc(-c4ccccc4C)n3CC)(CC1)CC2. The molecule has 3 aliphatic rings. The Bertz CT molecular complexity index is 764. The average molecular weight is 366 g/mol. The second-order valence-corrected chi connectivity index (χ2v) is 9.14. The fraction of sp³-hybridized carbons (Fsp3) is 0.667. The maximum atomic E-state index is 4.81. The van der Waals surface area contributed by atoms with Crippen molar-refractivity contribution >= 4 is 0 Å². The van der Waals surface area contributed by atoms with E-state index in [0.717, 1.165) is 12.4 Å². The lowest BCUT2D eigenvalue weighted by Crippen LogP contribution is -2.45. The van der Waals surface area contributed by atoms with Crippen molar-refractivity contribution in [2.75, 3.05) is 0 Å². The van der Waals surface area contributed by atoms with Gasteiger partial charge in [-0.3, -0.25) is 0 Å². The fourth-order valence-corrected chi connectivity index (χ4v) is 5.74. The number of rotatable bonds is 7. The highest BCUT2D eigenvalue weighted by Crippen LogP contribution is 2.59. The van der Waals surface area contributed by atoms with Crippen LogP contribution in [0.15, 0.2) is 24.3 Å². The van der Waals surface area contributed by atoms with Crippen molar-refractivity contribution in [1.82, 2.24) is 14.8 Å². The number of unbranched alkanes of at least 4 members (excludes halogenated alkanes) is 2. The Morgan fingerprint density at radius 3 is 2.26 bits per heavy atom. The summed E-state index contributed by atoms with van der Waals surface area (Å²) in [5.41, 5.74) is 3.43. The van der Waals surface area contributed by atoms with Gasteiger partial charge in [-0.2, -0.15) is 0 Å². The first-order valence-corrected chi connectivity index (χ1v) is 11.1. The van der Waals surface area contributed by atoms with E-state index in [1.807, 2.05) is 0 Å². The summed E-state index contributed by atoms with van der Waals surface area (Å²) in [5.74, 6) is 2.33. The van der Waals surface area contributed by atoms with Crippen molar-refractivity contribution in [3.8, 4) is 11.4 Å². The van der Waals surface area contributed by atoms with Gasteiger partial charge in [0.15, 0.2) is 5.82 Å². The molecule has 2 aromatic rings. The number of hydrogen-bond donors (Lipinski definition) is 0. The summed E-state index contributed by atoms with van der Waals surface area (Å²) < 4.78 is 2.41. The van der Waals surface area contributed by atoms with Gasteiger partial charge in [0.1, 0.15) is 5.82 Å². The first-order chi connectivity index (χ1) is 13.1. The van der Waals surface area contributed by atoms with Crippen LogP contribution in [0, 0.1) is 12.3 Å². The van der Waals surface area contributed by atoms with E-state index in [1.54, 1.807) is 0 Å². The zero-order valence-corrected chi connectivity index (χ0v) is 17.4. The van der Waals surface area contributed by atoms with E-state index in [2.05, 4.69) is 49.6 Å². The molecule has 3 saturated carbocycles. The number of nitrogens with zero attached hydrogens (tertiary/aromatic N) is 3. The minimum atomic E-state index is 0.274. The second kappa shape index (κ2) is 7.41. The molecule has 3 aliphatic carbocycles. The highest BCUT2D eigenvalue weighted by molar-refractivity contribution is 5.60. The summed E-state index contributed by atoms with van der Waals surface area (Å²) in [4.78, 5) is 0. The molecule has 0 aliphatic heterocycles. The summed E-state index contributed by atoms with van der Waals surface area (Å²) in [6, 6.07) is 8.58. The van der Waals surface area contributed by atoms with E-state index in [0.29, 0.717) is 5.41 Å². The second-order valence-electron chi connectivity index (χ2n) is 9.14. The van der Waals surface area contributed by atoms with E-state index in [-0.39, 0.29) is 5.41 Å². The predicted molar refractivity (Wildman–Crippen MR) is 112 cm³/mol. The molecule has 0 radical (unpaired) electrons. The molecule has 3 fully saturated rings. The van der Waals surface area contributed by atoms with Gasteiger partial charge in [-0.25, -0.2) is 0 Å². The normalized spacial score (nSPS) is 27.2. The summed E-state index contributed by atoms with van der Waals surface area (Å²) in [6.07, 6.45) is 13.7. The lowest BCUT2D eigenvalue weighted by molar-refractivity contribution is 0.0246. The lowest BCUT2D eigenvalue weighted by atomic mass is 9.52. The Kier molecular flexibility index (Phi) is 5.13. The van der Waals surface area contributed by atoms with Crippen molar-refractivity contribution < 1.29 is 0 Å².